The first-order valence-corrected chi connectivity index (χ1v) is 20.3. The molecular weight excluding hydrogens is 620 g/mol. The van der Waals surface area contributed by atoms with Gasteiger partial charge in [0.05, 0.1) is 24.0 Å². The molecule has 0 amide bonds. The van der Waals surface area contributed by atoms with E-state index in [1.54, 1.807) is 13.2 Å². The molecule has 0 saturated carbocycles. The van der Waals surface area contributed by atoms with Crippen molar-refractivity contribution in [2.75, 3.05) is 0 Å². The highest BCUT2D eigenvalue weighted by Gasteiger charge is 2.31. The Morgan fingerprint density at radius 1 is 0.800 bits per heavy atom. The molecule has 1 aliphatic rings. The van der Waals surface area contributed by atoms with Crippen molar-refractivity contribution in [2.45, 2.75) is 183 Å². The number of aryl methyl sites for hydroxylation is 1. The predicted octanol–water partition coefficient (Wildman–Crippen LogP) is 13.7. The van der Waals surface area contributed by atoms with E-state index in [0.29, 0.717) is 17.1 Å². The van der Waals surface area contributed by atoms with Crippen molar-refractivity contribution in [3.63, 3.8) is 0 Å². The van der Waals surface area contributed by atoms with Crippen molar-refractivity contribution in [1.29, 1.82) is 0 Å². The van der Waals surface area contributed by atoms with Crippen LogP contribution in [0.25, 0.3) is 0 Å². The van der Waals surface area contributed by atoms with Crippen molar-refractivity contribution in [3.05, 3.63) is 70.6 Å². The maximum Gasteiger partial charge on any atom is 0.343 e. The van der Waals surface area contributed by atoms with Gasteiger partial charge < -0.3 is 13.9 Å². The summed E-state index contributed by atoms with van der Waals surface area (Å²) in [5.74, 6) is 0.844. The molecule has 0 aromatic carbocycles. The summed E-state index contributed by atoms with van der Waals surface area (Å²) < 4.78 is 16.5. The van der Waals surface area contributed by atoms with Gasteiger partial charge >= 0.3 is 11.9 Å². The molecule has 2 heterocycles. The lowest BCUT2D eigenvalue weighted by atomic mass is 9.95. The van der Waals surface area contributed by atoms with E-state index < -0.39 is 5.97 Å². The Morgan fingerprint density at radius 2 is 1.42 bits per heavy atom. The minimum atomic E-state index is -0.426. The number of hydrogen-bond donors (Lipinski definition) is 0. The van der Waals surface area contributed by atoms with Crippen molar-refractivity contribution < 1.29 is 23.5 Å². The average Bonchev–Trinajstić information content (AvgIpc) is 3.69. The van der Waals surface area contributed by atoms with Crippen LogP contribution in [0.2, 0.25) is 0 Å². The van der Waals surface area contributed by atoms with Crippen LogP contribution in [0, 0.1) is 17.8 Å². The van der Waals surface area contributed by atoms with Gasteiger partial charge in [0.15, 0.2) is 11.5 Å². The number of unbranched alkanes of at least 4 members (excludes halogenated alkanes) is 9. The Hall–Kier alpha value is -2.82. The molecule has 3 unspecified atom stereocenters. The highest BCUT2D eigenvalue weighted by molar-refractivity contribution is 5.94. The molecule has 0 spiro atoms. The molecule has 0 aliphatic carbocycles. The fourth-order valence-corrected chi connectivity index (χ4v) is 6.66. The van der Waals surface area contributed by atoms with Gasteiger partial charge in [0, 0.05) is 0 Å². The lowest BCUT2D eigenvalue weighted by molar-refractivity contribution is -0.144. The Balaban J connectivity index is 1.63. The Bertz CT molecular complexity index is 1210. The third kappa shape index (κ3) is 19.0. The maximum absolute atomic E-state index is 13.0. The molecular formula is C45H72O5. The smallest absolute Gasteiger partial charge is 0.343 e. The molecule has 2 rings (SSSR count). The summed E-state index contributed by atoms with van der Waals surface area (Å²) >= 11 is 0. The Morgan fingerprint density at radius 3 is 2.08 bits per heavy atom. The number of carbonyl (C=O) groups is 2. The van der Waals surface area contributed by atoms with Crippen LogP contribution in [0.3, 0.4) is 0 Å². The number of allylic oxidation sites excluding steroid dienone is 5. The average molecular weight is 693 g/mol. The van der Waals surface area contributed by atoms with Crippen LogP contribution in [0.15, 0.2) is 69.5 Å². The number of ether oxygens (including phenoxy) is 2. The summed E-state index contributed by atoms with van der Waals surface area (Å²) in [5, 5.41) is 0. The van der Waals surface area contributed by atoms with Crippen LogP contribution in [-0.4, -0.2) is 11.9 Å². The van der Waals surface area contributed by atoms with Crippen molar-refractivity contribution >= 4 is 11.9 Å². The Kier molecular flexibility index (Phi) is 22.6. The van der Waals surface area contributed by atoms with E-state index >= 15 is 0 Å². The molecule has 0 saturated heterocycles. The predicted molar refractivity (Wildman–Crippen MR) is 208 cm³/mol. The molecule has 282 valence electrons. The summed E-state index contributed by atoms with van der Waals surface area (Å²) in [4.78, 5) is 25.4. The van der Waals surface area contributed by atoms with E-state index in [2.05, 4.69) is 46.8 Å². The molecule has 0 N–H and O–H groups in total. The lowest BCUT2D eigenvalue weighted by Gasteiger charge is -2.14. The van der Waals surface area contributed by atoms with Gasteiger partial charge in [-0.3, -0.25) is 4.79 Å². The van der Waals surface area contributed by atoms with E-state index in [-0.39, 0.29) is 17.8 Å². The summed E-state index contributed by atoms with van der Waals surface area (Å²) in [6, 6.07) is 2.03. The number of rotatable bonds is 28. The second-order valence-corrected chi connectivity index (χ2v) is 15.4. The first-order valence-electron chi connectivity index (χ1n) is 20.3. The number of carbonyl (C=O) groups excluding carboxylic acids is 2. The Labute approximate surface area is 306 Å². The van der Waals surface area contributed by atoms with Crippen molar-refractivity contribution in [1.82, 2.24) is 0 Å². The maximum atomic E-state index is 13.0. The van der Waals surface area contributed by atoms with Crippen LogP contribution in [-0.2, 0) is 25.5 Å². The standard InChI is InChI=1S/C45H72O5/c1-8-9-10-13-16-22-35(2)23-17-14-11-12-15-18-29-39(6)44(46)50-43-40(7)45(47)49-42(43)33-38(5)28-20-26-36(3)24-19-25-37(4)27-21-30-41-31-32-48-34-41/h24,27,31-35,38-39H,8-23,25-26,28-30H2,1-7H3. The quantitative estimate of drug-likeness (QED) is 0.0497. The highest BCUT2D eigenvalue weighted by Crippen LogP contribution is 2.30. The second-order valence-electron chi connectivity index (χ2n) is 15.4. The van der Waals surface area contributed by atoms with Crippen LogP contribution in [0.4, 0.5) is 0 Å². The van der Waals surface area contributed by atoms with Crippen LogP contribution in [0.5, 0.6) is 0 Å². The number of furan rings is 1. The summed E-state index contributed by atoms with van der Waals surface area (Å²) in [6.45, 7) is 14.9. The second kappa shape index (κ2) is 26.0. The highest BCUT2D eigenvalue weighted by atomic mass is 16.6. The molecule has 5 heteroatoms. The molecule has 1 aliphatic heterocycles. The molecule has 0 radical (unpaired) electrons. The van der Waals surface area contributed by atoms with E-state index in [4.69, 9.17) is 13.9 Å². The first-order chi connectivity index (χ1) is 24.1. The van der Waals surface area contributed by atoms with Crippen molar-refractivity contribution in [2.24, 2.45) is 17.8 Å². The van der Waals surface area contributed by atoms with Crippen molar-refractivity contribution in [3.8, 4) is 0 Å². The van der Waals surface area contributed by atoms with Gasteiger partial charge in [0.2, 0.25) is 0 Å². The topological polar surface area (TPSA) is 65.7 Å². The molecule has 1 aromatic heterocycles. The SMILES string of the molecule is CCCCCCCC(C)CCCCCCCCC(C)C(=O)OC1=C(C)C(=O)OC1=CC(C)CCCC(C)=CCCC(C)=CCCc1ccoc1. The number of hydrogen-bond acceptors (Lipinski definition) is 5. The molecule has 5 nitrogen and oxygen atoms in total. The van der Waals surface area contributed by atoms with Gasteiger partial charge in [-0.1, -0.05) is 134 Å². The molecule has 0 fully saturated rings. The van der Waals surface area contributed by atoms with E-state index in [1.165, 1.54) is 87.3 Å². The van der Waals surface area contributed by atoms with E-state index in [9.17, 15) is 9.59 Å². The van der Waals surface area contributed by atoms with Crippen LogP contribution >= 0.6 is 0 Å². The summed E-state index contributed by atoms with van der Waals surface area (Å²) in [6.07, 6.45) is 35.3. The zero-order chi connectivity index (χ0) is 36.6. The van der Waals surface area contributed by atoms with Crippen LogP contribution in [0.1, 0.15) is 182 Å². The number of cyclic esters (lactones) is 1. The van der Waals surface area contributed by atoms with Gasteiger partial charge in [0.1, 0.15) is 0 Å². The minimum absolute atomic E-state index is 0.196. The minimum Gasteiger partial charge on any atom is -0.472 e. The molecule has 3 atom stereocenters. The third-order valence-corrected chi connectivity index (χ3v) is 10.3. The molecule has 1 aromatic rings. The fraction of sp³-hybridized carbons (Fsp3) is 0.689. The van der Waals surface area contributed by atoms with Gasteiger partial charge in [-0.25, -0.2) is 4.79 Å². The molecule has 50 heavy (non-hydrogen) atoms. The van der Waals surface area contributed by atoms with Gasteiger partial charge in [-0.2, -0.15) is 0 Å². The lowest BCUT2D eigenvalue weighted by Crippen LogP contribution is -2.15. The third-order valence-electron chi connectivity index (χ3n) is 10.3. The van der Waals surface area contributed by atoms with Gasteiger partial charge in [-0.15, -0.1) is 0 Å². The largest absolute Gasteiger partial charge is 0.472 e. The van der Waals surface area contributed by atoms with E-state index in [1.807, 2.05) is 25.3 Å². The summed E-state index contributed by atoms with van der Waals surface area (Å²) in [5.41, 5.74) is 4.47. The number of esters is 2. The molecule has 0 bridgehead atoms. The van der Waals surface area contributed by atoms with Gasteiger partial charge in [-0.05, 0) is 102 Å². The first kappa shape index (κ1) is 43.3. The zero-order valence-corrected chi connectivity index (χ0v) is 33.1. The summed E-state index contributed by atoms with van der Waals surface area (Å²) in [7, 11) is 0. The fourth-order valence-electron chi connectivity index (χ4n) is 6.66. The van der Waals surface area contributed by atoms with E-state index in [0.717, 1.165) is 70.1 Å². The van der Waals surface area contributed by atoms with Crippen LogP contribution < -0.4 is 0 Å². The monoisotopic (exact) mass is 693 g/mol. The normalized spacial score (nSPS) is 16.6. The van der Waals surface area contributed by atoms with Gasteiger partial charge in [0.25, 0.3) is 0 Å². The zero-order valence-electron chi connectivity index (χ0n) is 33.1.